The van der Waals surface area contributed by atoms with Crippen molar-refractivity contribution < 1.29 is 49.2 Å². The van der Waals surface area contributed by atoms with Crippen molar-refractivity contribution in [1.29, 1.82) is 0 Å². The van der Waals surface area contributed by atoms with Gasteiger partial charge in [-0.05, 0) is 5.92 Å². The van der Waals surface area contributed by atoms with Crippen molar-refractivity contribution >= 4 is 35.6 Å². The van der Waals surface area contributed by atoms with Gasteiger partial charge in [0.25, 0.3) is 0 Å². The van der Waals surface area contributed by atoms with Crippen LogP contribution in [-0.2, 0) is 28.8 Å². The van der Waals surface area contributed by atoms with Gasteiger partial charge in [0.2, 0.25) is 17.7 Å². The molecule has 14 heteroatoms. The predicted octanol–water partition coefficient (Wildman–Crippen LogP) is -3.16. The van der Waals surface area contributed by atoms with Crippen molar-refractivity contribution in [2.75, 3.05) is 6.61 Å². The Morgan fingerprint density at radius 3 is 1.74 bits per heavy atom. The second-order valence-corrected chi connectivity index (χ2v) is 6.82. The lowest BCUT2D eigenvalue weighted by Crippen LogP contribution is -2.59. The molecule has 9 N–H and O–H groups in total. The average Bonchev–Trinajstić information content (AvgIpc) is 2.67. The van der Waals surface area contributed by atoms with Crippen LogP contribution in [0, 0.1) is 5.92 Å². The number of aliphatic hydroxyl groups excluding tert-OH is 1. The van der Waals surface area contributed by atoms with E-state index in [4.69, 9.17) is 21.1 Å². The van der Waals surface area contributed by atoms with Gasteiger partial charge in [-0.2, -0.15) is 0 Å². The first kappa shape index (κ1) is 27.7. The molecule has 5 atom stereocenters. The number of rotatable bonds is 14. The van der Waals surface area contributed by atoms with Crippen LogP contribution in [0.1, 0.15) is 33.1 Å². The monoisotopic (exact) mass is 448 g/mol. The summed E-state index contributed by atoms with van der Waals surface area (Å²) in [5.41, 5.74) is 5.39. The molecule has 0 aromatic rings. The van der Waals surface area contributed by atoms with E-state index in [9.17, 15) is 33.9 Å². The van der Waals surface area contributed by atoms with E-state index in [1.165, 1.54) is 0 Å². The van der Waals surface area contributed by atoms with Gasteiger partial charge in [0.1, 0.15) is 18.1 Å². The third-order valence-electron chi connectivity index (χ3n) is 4.33. The molecule has 0 rings (SSSR count). The smallest absolute Gasteiger partial charge is 0.326 e. The lowest BCUT2D eigenvalue weighted by atomic mass is 9.97. The summed E-state index contributed by atoms with van der Waals surface area (Å²) in [4.78, 5) is 69.5. The third kappa shape index (κ3) is 9.86. The van der Waals surface area contributed by atoms with Crippen LogP contribution in [0.3, 0.4) is 0 Å². The van der Waals surface area contributed by atoms with Crippen LogP contribution in [0.2, 0.25) is 0 Å². The molecule has 31 heavy (non-hydrogen) atoms. The summed E-state index contributed by atoms with van der Waals surface area (Å²) < 4.78 is 0. The van der Waals surface area contributed by atoms with E-state index in [2.05, 4.69) is 10.6 Å². The largest absolute Gasteiger partial charge is 0.481 e. The first-order valence-corrected chi connectivity index (χ1v) is 9.27. The predicted molar refractivity (Wildman–Crippen MR) is 102 cm³/mol. The second-order valence-electron chi connectivity index (χ2n) is 6.82. The molecule has 176 valence electrons. The molecule has 0 saturated carbocycles. The zero-order valence-electron chi connectivity index (χ0n) is 17.0. The lowest BCUT2D eigenvalue weighted by Gasteiger charge is -2.27. The fraction of sp³-hybridized carbons (Fsp3) is 0.647. The lowest BCUT2D eigenvalue weighted by molar-refractivity contribution is -0.147. The molecule has 14 nitrogen and oxygen atoms in total. The summed E-state index contributed by atoms with van der Waals surface area (Å²) >= 11 is 0. The van der Waals surface area contributed by atoms with E-state index in [1.54, 1.807) is 13.8 Å². The highest BCUT2D eigenvalue weighted by Gasteiger charge is 2.33. The Balaban J connectivity index is 5.35. The number of carboxylic acids is 3. The summed E-state index contributed by atoms with van der Waals surface area (Å²) in [6, 6.07) is -6.11. The van der Waals surface area contributed by atoms with E-state index in [0.29, 0.717) is 6.42 Å². The maximum absolute atomic E-state index is 12.5. The van der Waals surface area contributed by atoms with Gasteiger partial charge in [-0.1, -0.05) is 20.3 Å². The highest BCUT2D eigenvalue weighted by molar-refractivity contribution is 5.95. The van der Waals surface area contributed by atoms with Gasteiger partial charge in [-0.25, -0.2) is 4.79 Å². The van der Waals surface area contributed by atoms with Gasteiger partial charge >= 0.3 is 17.9 Å². The molecule has 0 aromatic carbocycles. The van der Waals surface area contributed by atoms with Crippen molar-refractivity contribution in [1.82, 2.24) is 16.0 Å². The Kier molecular flexibility index (Phi) is 11.7. The summed E-state index contributed by atoms with van der Waals surface area (Å²) in [6.07, 6.45) is -1.25. The zero-order valence-corrected chi connectivity index (χ0v) is 17.0. The number of hydrogen-bond acceptors (Lipinski definition) is 8. The second kappa shape index (κ2) is 13.1. The molecule has 0 spiro atoms. The number of nitrogens with one attached hydrogen (secondary N) is 3. The summed E-state index contributed by atoms with van der Waals surface area (Å²) in [5.74, 6) is -7.93. The highest BCUT2D eigenvalue weighted by Crippen LogP contribution is 2.09. The Morgan fingerprint density at radius 2 is 1.32 bits per heavy atom. The van der Waals surface area contributed by atoms with Gasteiger partial charge in [0.15, 0.2) is 0 Å². The molecule has 3 amide bonds. The molecule has 0 fully saturated rings. The van der Waals surface area contributed by atoms with Gasteiger partial charge in [0.05, 0.1) is 25.5 Å². The number of carbonyl (C=O) groups excluding carboxylic acids is 3. The van der Waals surface area contributed by atoms with Crippen LogP contribution in [0.4, 0.5) is 0 Å². The third-order valence-corrected chi connectivity index (χ3v) is 4.33. The van der Waals surface area contributed by atoms with Crippen molar-refractivity contribution in [3.05, 3.63) is 0 Å². The fourth-order valence-corrected chi connectivity index (χ4v) is 2.35. The number of carbonyl (C=O) groups is 6. The Bertz CT molecular complexity index is 698. The molecule has 0 heterocycles. The number of nitrogens with two attached hydrogens (primary N) is 1. The minimum Gasteiger partial charge on any atom is -0.481 e. The summed E-state index contributed by atoms with van der Waals surface area (Å²) in [7, 11) is 0. The Morgan fingerprint density at radius 1 is 0.806 bits per heavy atom. The molecule has 0 aromatic heterocycles. The van der Waals surface area contributed by atoms with Crippen molar-refractivity contribution in [3.8, 4) is 0 Å². The van der Waals surface area contributed by atoms with Crippen LogP contribution in [0.15, 0.2) is 0 Å². The SMILES string of the molecule is CCC(C)C(NC(=O)C(CO)NC(=O)C(N)CC(=O)O)C(=O)NC(CC(=O)O)C(=O)O. The van der Waals surface area contributed by atoms with Crippen LogP contribution >= 0.6 is 0 Å². The number of amides is 3. The van der Waals surface area contributed by atoms with Crippen LogP contribution in [0.5, 0.6) is 0 Å². The first-order chi connectivity index (χ1) is 14.3. The maximum atomic E-state index is 12.5. The fourth-order valence-electron chi connectivity index (χ4n) is 2.35. The molecule has 0 aliphatic heterocycles. The van der Waals surface area contributed by atoms with Gasteiger partial charge in [-0.15, -0.1) is 0 Å². The molecule has 0 aliphatic rings. The molecule has 5 unspecified atom stereocenters. The summed E-state index contributed by atoms with van der Waals surface area (Å²) in [6.45, 7) is 2.34. The number of aliphatic carboxylic acids is 3. The zero-order chi connectivity index (χ0) is 24.3. The Hall–Kier alpha value is -3.26. The first-order valence-electron chi connectivity index (χ1n) is 9.27. The van der Waals surface area contributed by atoms with Crippen molar-refractivity contribution in [3.63, 3.8) is 0 Å². The minimum atomic E-state index is -1.74. The van der Waals surface area contributed by atoms with Crippen LogP contribution in [0.25, 0.3) is 0 Å². The minimum absolute atomic E-state index is 0.356. The maximum Gasteiger partial charge on any atom is 0.326 e. The van der Waals surface area contributed by atoms with E-state index < -0.39 is 85.2 Å². The number of aliphatic hydroxyl groups is 1. The van der Waals surface area contributed by atoms with Crippen LogP contribution < -0.4 is 21.7 Å². The van der Waals surface area contributed by atoms with Gasteiger partial charge in [-0.3, -0.25) is 24.0 Å². The van der Waals surface area contributed by atoms with Gasteiger partial charge in [0, 0.05) is 0 Å². The molecule has 0 bridgehead atoms. The molecule has 0 saturated heterocycles. The van der Waals surface area contributed by atoms with Crippen molar-refractivity contribution in [2.24, 2.45) is 11.7 Å². The van der Waals surface area contributed by atoms with Crippen LogP contribution in [-0.4, -0.2) is 86.8 Å². The topological polar surface area (TPSA) is 245 Å². The summed E-state index contributed by atoms with van der Waals surface area (Å²) in [5, 5.41) is 42.3. The van der Waals surface area contributed by atoms with E-state index in [1.807, 2.05) is 5.32 Å². The van der Waals surface area contributed by atoms with Gasteiger partial charge < -0.3 is 42.1 Å². The Labute approximate surface area is 177 Å². The van der Waals surface area contributed by atoms with Crippen molar-refractivity contribution in [2.45, 2.75) is 57.3 Å². The average molecular weight is 448 g/mol. The standard InChI is InChI=1S/C17H28N4O10/c1-3-7(2)13(16(29)19-9(17(30)31)5-12(25)26)21-15(28)10(6-22)20-14(27)8(18)4-11(23)24/h7-10,13,22H,3-6,18H2,1-2H3,(H,19,29)(H,20,27)(H,21,28)(H,23,24)(H,25,26)(H,30,31). The van der Waals surface area contributed by atoms with E-state index in [0.717, 1.165) is 0 Å². The number of carboxylic acid groups (broad SMARTS) is 3. The number of hydrogen-bond donors (Lipinski definition) is 8. The molecular formula is C17H28N4O10. The molecule has 0 radical (unpaired) electrons. The molecular weight excluding hydrogens is 420 g/mol. The highest BCUT2D eigenvalue weighted by atomic mass is 16.4. The van der Waals surface area contributed by atoms with E-state index >= 15 is 0 Å². The normalized spacial score (nSPS) is 15.5. The molecule has 0 aliphatic carbocycles. The van der Waals surface area contributed by atoms with E-state index in [-0.39, 0.29) is 0 Å². The quantitative estimate of drug-likeness (QED) is 0.132.